The number of fused-ring (bicyclic) bond motifs is 1. The number of aromatic amines is 2. The molecule has 2 aromatic carbocycles. The van der Waals surface area contributed by atoms with Crippen molar-refractivity contribution >= 4 is 5.91 Å². The maximum atomic E-state index is 14.7. The lowest BCUT2D eigenvalue weighted by Gasteiger charge is -2.25. The van der Waals surface area contributed by atoms with Crippen LogP contribution in [0.2, 0.25) is 0 Å². The predicted molar refractivity (Wildman–Crippen MR) is 127 cm³/mol. The molecule has 0 saturated carbocycles. The fraction of sp³-hybridized carbons (Fsp3) is 0.269. The molecule has 38 heavy (non-hydrogen) atoms. The van der Waals surface area contributed by atoms with Crippen molar-refractivity contribution in [2.45, 2.75) is 39.5 Å². The van der Waals surface area contributed by atoms with Gasteiger partial charge in [-0.05, 0) is 61.4 Å². The van der Waals surface area contributed by atoms with Crippen LogP contribution in [0.4, 0.5) is 17.6 Å². The Hall–Kier alpha value is -4.35. The van der Waals surface area contributed by atoms with Gasteiger partial charge < -0.3 is 4.90 Å². The number of carbonyl (C=O) groups excluding carboxylic acids is 1. The van der Waals surface area contributed by atoms with Gasteiger partial charge in [-0.1, -0.05) is 6.07 Å². The van der Waals surface area contributed by atoms with Crippen molar-refractivity contribution in [1.29, 1.82) is 0 Å². The van der Waals surface area contributed by atoms with Gasteiger partial charge in [0.15, 0.2) is 0 Å². The second-order valence-corrected chi connectivity index (χ2v) is 9.19. The van der Waals surface area contributed by atoms with Crippen molar-refractivity contribution in [3.05, 3.63) is 98.0 Å². The van der Waals surface area contributed by atoms with Gasteiger partial charge in [0.25, 0.3) is 17.3 Å². The molecule has 1 amide bonds. The van der Waals surface area contributed by atoms with Crippen LogP contribution in [0.1, 0.15) is 44.1 Å². The number of benzene rings is 2. The summed E-state index contributed by atoms with van der Waals surface area (Å²) in [4.78, 5) is 26.5. The van der Waals surface area contributed by atoms with Crippen molar-refractivity contribution in [2.24, 2.45) is 0 Å². The maximum absolute atomic E-state index is 14.7. The van der Waals surface area contributed by atoms with Gasteiger partial charge in [-0.3, -0.25) is 9.59 Å². The number of nitrogens with zero attached hydrogens (tertiary/aromatic N) is 4. The fourth-order valence-electron chi connectivity index (χ4n) is 4.46. The number of halogens is 4. The highest BCUT2D eigenvalue weighted by Crippen LogP contribution is 2.30. The highest BCUT2D eigenvalue weighted by Gasteiger charge is 2.33. The van der Waals surface area contributed by atoms with Crippen molar-refractivity contribution in [3.63, 3.8) is 0 Å². The summed E-state index contributed by atoms with van der Waals surface area (Å²) in [5.41, 5.74) is 1.95. The predicted octanol–water partition coefficient (Wildman–Crippen LogP) is 3.47. The van der Waals surface area contributed by atoms with Crippen molar-refractivity contribution in [2.75, 3.05) is 6.54 Å². The van der Waals surface area contributed by atoms with Gasteiger partial charge in [0, 0.05) is 17.1 Å². The van der Waals surface area contributed by atoms with E-state index in [2.05, 4.69) is 20.4 Å². The average Bonchev–Trinajstić information content (AvgIpc) is 3.32. The Labute approximate surface area is 213 Å². The summed E-state index contributed by atoms with van der Waals surface area (Å²) in [5, 5.41) is 13.6. The first kappa shape index (κ1) is 25.3. The van der Waals surface area contributed by atoms with Crippen molar-refractivity contribution in [1.82, 2.24) is 25.3 Å². The molecule has 12 heteroatoms. The minimum absolute atomic E-state index is 0.0859. The number of H-pyrrole nitrogens is 2. The highest BCUT2D eigenvalue weighted by atomic mass is 19.4. The SMILES string of the molecule is Cc1c(Cc2ccc(F)c(C(=O)N3CC[n+]4c(-c5ccc(C(F)(F)F)cc5)n[nH]c4C3)c2)n[nH]c(=O)c1C. The third kappa shape index (κ3) is 4.69. The molecule has 0 spiro atoms. The average molecular weight is 528 g/mol. The third-order valence-electron chi connectivity index (χ3n) is 6.83. The molecule has 0 bridgehead atoms. The summed E-state index contributed by atoms with van der Waals surface area (Å²) < 4.78 is 55.2. The molecular weight excluding hydrogens is 504 g/mol. The number of hydrogen-bond donors (Lipinski definition) is 2. The molecule has 0 fully saturated rings. The van der Waals surface area contributed by atoms with Gasteiger partial charge in [0.1, 0.15) is 12.4 Å². The van der Waals surface area contributed by atoms with Gasteiger partial charge >= 0.3 is 12.0 Å². The Morgan fingerprint density at radius 1 is 1.05 bits per heavy atom. The van der Waals surface area contributed by atoms with Crippen LogP contribution in [-0.2, 0) is 25.7 Å². The number of amides is 1. The molecule has 5 rings (SSSR count). The van der Waals surface area contributed by atoms with E-state index in [0.717, 1.165) is 17.7 Å². The Kier molecular flexibility index (Phi) is 6.33. The van der Waals surface area contributed by atoms with Crippen LogP contribution in [0.25, 0.3) is 11.4 Å². The van der Waals surface area contributed by atoms with Crippen molar-refractivity contribution in [3.8, 4) is 11.4 Å². The second-order valence-electron chi connectivity index (χ2n) is 9.19. The molecule has 0 radical (unpaired) electrons. The summed E-state index contributed by atoms with van der Waals surface area (Å²) in [7, 11) is 0. The molecule has 0 saturated heterocycles. The molecule has 2 N–H and O–H groups in total. The van der Waals surface area contributed by atoms with Gasteiger partial charge in [0.2, 0.25) is 0 Å². The van der Waals surface area contributed by atoms with E-state index in [-0.39, 0.29) is 24.2 Å². The summed E-state index contributed by atoms with van der Waals surface area (Å²) in [6.45, 7) is 4.19. The normalized spacial score (nSPS) is 13.5. The summed E-state index contributed by atoms with van der Waals surface area (Å²) in [6.07, 6.45) is -4.13. The molecule has 8 nitrogen and oxygen atoms in total. The molecule has 3 heterocycles. The van der Waals surface area contributed by atoms with E-state index < -0.39 is 23.5 Å². The smallest absolute Gasteiger partial charge is 0.325 e. The van der Waals surface area contributed by atoms with Gasteiger partial charge in [0.05, 0.1) is 35.5 Å². The fourth-order valence-corrected chi connectivity index (χ4v) is 4.46. The van der Waals surface area contributed by atoms with Gasteiger partial charge in [-0.25, -0.2) is 14.1 Å². The van der Waals surface area contributed by atoms with E-state index >= 15 is 0 Å². The zero-order valence-electron chi connectivity index (χ0n) is 20.5. The molecule has 0 aliphatic carbocycles. The molecule has 2 aromatic heterocycles. The number of aromatic nitrogens is 5. The first-order valence-electron chi connectivity index (χ1n) is 11.8. The summed E-state index contributed by atoms with van der Waals surface area (Å²) in [6, 6.07) is 8.99. The first-order chi connectivity index (χ1) is 18.0. The van der Waals surface area contributed by atoms with E-state index in [4.69, 9.17) is 0 Å². The largest absolute Gasteiger partial charge is 0.416 e. The minimum Gasteiger partial charge on any atom is -0.325 e. The van der Waals surface area contributed by atoms with E-state index in [1.807, 2.05) is 0 Å². The Morgan fingerprint density at radius 3 is 2.50 bits per heavy atom. The Balaban J connectivity index is 1.35. The van der Waals surface area contributed by atoms with Crippen LogP contribution in [0.15, 0.2) is 47.3 Å². The number of carbonyl (C=O) groups is 1. The summed E-state index contributed by atoms with van der Waals surface area (Å²) >= 11 is 0. The van der Waals surface area contributed by atoms with Crippen LogP contribution in [0.3, 0.4) is 0 Å². The van der Waals surface area contributed by atoms with Gasteiger partial charge in [-0.15, -0.1) is 5.10 Å². The zero-order chi connectivity index (χ0) is 27.2. The first-order valence-corrected chi connectivity index (χ1v) is 11.8. The van der Waals surface area contributed by atoms with Crippen LogP contribution in [0.5, 0.6) is 0 Å². The standard InChI is InChI=1S/C26H22F4N6O2/c1-14-15(2)24(37)34-31-21(14)12-16-3-8-20(27)19(11-16)25(38)35-9-10-36-22(13-35)32-33-23(36)17-4-6-18(7-5-17)26(28,29)30/h3-8,11H,9-10,12-13H2,1-2H3,(H,34,37)/p+1. The lowest BCUT2D eigenvalue weighted by molar-refractivity contribution is -0.700. The lowest BCUT2D eigenvalue weighted by atomic mass is 10.0. The maximum Gasteiger partial charge on any atom is 0.416 e. The van der Waals surface area contributed by atoms with Crippen molar-refractivity contribution < 1.29 is 26.9 Å². The molecule has 4 aromatic rings. The van der Waals surface area contributed by atoms with Crippen LogP contribution in [0, 0.1) is 19.7 Å². The molecule has 0 unspecified atom stereocenters. The highest BCUT2D eigenvalue weighted by molar-refractivity contribution is 5.94. The third-order valence-corrected chi connectivity index (χ3v) is 6.83. The summed E-state index contributed by atoms with van der Waals surface area (Å²) in [5.74, 6) is -0.133. The second kappa shape index (κ2) is 9.51. The molecular formula is C26H23F4N6O2+. The number of nitrogens with one attached hydrogen (secondary N) is 2. The van der Waals surface area contributed by atoms with Crippen LogP contribution in [-0.4, -0.2) is 37.7 Å². The molecule has 196 valence electrons. The Bertz CT molecular complexity index is 1590. The van der Waals surface area contributed by atoms with E-state index in [0.29, 0.717) is 47.0 Å². The van der Waals surface area contributed by atoms with Crippen LogP contribution >= 0.6 is 0 Å². The monoisotopic (exact) mass is 527 g/mol. The quantitative estimate of drug-likeness (QED) is 0.314. The van der Waals surface area contributed by atoms with E-state index in [9.17, 15) is 27.2 Å². The lowest BCUT2D eigenvalue weighted by Crippen LogP contribution is -2.52. The number of rotatable bonds is 4. The van der Waals surface area contributed by atoms with E-state index in [1.165, 1.54) is 29.2 Å². The van der Waals surface area contributed by atoms with Crippen LogP contribution < -0.4 is 10.1 Å². The van der Waals surface area contributed by atoms with E-state index in [1.54, 1.807) is 24.5 Å². The minimum atomic E-state index is -4.43. The zero-order valence-corrected chi connectivity index (χ0v) is 20.5. The molecule has 1 aliphatic rings. The number of alkyl halides is 3. The topological polar surface area (TPSA) is 98.6 Å². The molecule has 0 atom stereocenters. The Morgan fingerprint density at radius 2 is 1.79 bits per heavy atom. The number of hydrogen-bond acceptors (Lipinski definition) is 4. The molecule has 1 aliphatic heterocycles. The van der Waals surface area contributed by atoms with Gasteiger partial charge in [-0.2, -0.15) is 18.3 Å².